The summed E-state index contributed by atoms with van der Waals surface area (Å²) in [5.74, 6) is -7.16. The molecule has 0 aliphatic rings. The Hall–Kier alpha value is -1.89. The van der Waals surface area contributed by atoms with Crippen LogP contribution in [0.4, 0.5) is 8.78 Å². The molecule has 0 radical (unpaired) electrons. The lowest BCUT2D eigenvalue weighted by molar-refractivity contribution is -0.212. The van der Waals surface area contributed by atoms with E-state index in [2.05, 4.69) is 4.74 Å². The number of hydrogen-bond donors (Lipinski definition) is 3. The first kappa shape index (κ1) is 15.2. The number of aliphatic hydroxyl groups is 1. The Morgan fingerprint density at radius 3 is 2.16 bits per heavy atom. The van der Waals surface area contributed by atoms with Crippen molar-refractivity contribution in [1.29, 1.82) is 0 Å². The van der Waals surface area contributed by atoms with Crippen molar-refractivity contribution in [2.24, 2.45) is 0 Å². The summed E-state index contributed by atoms with van der Waals surface area (Å²) in [7, 11) is 0. The zero-order chi connectivity index (χ0) is 14.8. The molecular formula is C12H14F2O5. The van der Waals surface area contributed by atoms with Gasteiger partial charge < -0.3 is 20.1 Å². The van der Waals surface area contributed by atoms with Crippen molar-refractivity contribution in [1.82, 2.24) is 0 Å². The summed E-state index contributed by atoms with van der Waals surface area (Å²) in [6, 6.07) is 2.56. The maximum atomic E-state index is 13.8. The average molecular weight is 276 g/mol. The van der Waals surface area contributed by atoms with Crippen molar-refractivity contribution < 1.29 is 33.6 Å². The van der Waals surface area contributed by atoms with Gasteiger partial charge in [0.05, 0.1) is 6.61 Å². The molecule has 1 unspecified atom stereocenters. The predicted molar refractivity (Wildman–Crippen MR) is 60.9 cm³/mol. The first-order valence-electron chi connectivity index (χ1n) is 5.43. The van der Waals surface area contributed by atoms with Crippen molar-refractivity contribution in [2.45, 2.75) is 25.4 Å². The first-order chi connectivity index (χ1) is 8.62. The Morgan fingerprint density at radius 1 is 1.26 bits per heavy atom. The third-order valence-corrected chi connectivity index (χ3v) is 2.61. The van der Waals surface area contributed by atoms with Gasteiger partial charge in [0.25, 0.3) is 0 Å². The fourth-order valence-corrected chi connectivity index (χ4v) is 1.48. The molecule has 0 saturated carbocycles. The Labute approximate surface area is 108 Å². The minimum absolute atomic E-state index is 0.268. The van der Waals surface area contributed by atoms with E-state index in [1.165, 1.54) is 6.92 Å². The van der Waals surface area contributed by atoms with Crippen LogP contribution in [0.1, 0.15) is 19.4 Å². The molecule has 0 heterocycles. The summed E-state index contributed by atoms with van der Waals surface area (Å²) in [4.78, 5) is 11.2. The highest BCUT2D eigenvalue weighted by molar-refractivity contribution is 5.79. The molecular weight excluding hydrogens is 262 g/mol. The van der Waals surface area contributed by atoms with Crippen LogP contribution in [0.2, 0.25) is 0 Å². The number of alkyl halides is 2. The number of phenolic OH excluding ortho intramolecular Hbond substituents is 2. The Bertz CT molecular complexity index is 465. The fraction of sp³-hybridized carbons (Fsp3) is 0.417. The smallest absolute Gasteiger partial charge is 0.380 e. The molecule has 0 aliphatic heterocycles. The summed E-state index contributed by atoms with van der Waals surface area (Å²) < 4.78 is 31.9. The second kappa shape index (κ2) is 5.00. The molecule has 7 heteroatoms. The Morgan fingerprint density at radius 2 is 1.74 bits per heavy atom. The highest BCUT2D eigenvalue weighted by Gasteiger charge is 2.58. The number of esters is 1. The van der Waals surface area contributed by atoms with E-state index in [9.17, 15) is 28.9 Å². The molecule has 5 nitrogen and oxygen atoms in total. The number of carbonyl (C=O) groups excluding carboxylic acids is 1. The number of carbonyl (C=O) groups is 1. The molecule has 1 rings (SSSR count). The highest BCUT2D eigenvalue weighted by Crippen LogP contribution is 2.40. The van der Waals surface area contributed by atoms with Crippen LogP contribution in [0.25, 0.3) is 0 Å². The molecule has 0 aliphatic carbocycles. The lowest BCUT2D eigenvalue weighted by Gasteiger charge is -2.31. The van der Waals surface area contributed by atoms with Gasteiger partial charge in [-0.3, -0.25) is 0 Å². The molecule has 1 aromatic carbocycles. The number of aromatic hydroxyl groups is 2. The first-order valence-corrected chi connectivity index (χ1v) is 5.43. The molecule has 1 aromatic rings. The molecule has 1 atom stereocenters. The topological polar surface area (TPSA) is 87.0 Å². The van der Waals surface area contributed by atoms with Gasteiger partial charge in [-0.05, 0) is 31.5 Å². The molecule has 0 saturated heterocycles. The van der Waals surface area contributed by atoms with Crippen LogP contribution in [-0.2, 0) is 15.1 Å². The second-order valence-electron chi connectivity index (χ2n) is 4.11. The predicted octanol–water partition coefficient (Wildman–Crippen LogP) is 1.50. The zero-order valence-corrected chi connectivity index (χ0v) is 10.4. The van der Waals surface area contributed by atoms with Crippen LogP contribution >= 0.6 is 0 Å². The lowest BCUT2D eigenvalue weighted by Crippen LogP contribution is -2.49. The van der Waals surface area contributed by atoms with Gasteiger partial charge in [-0.1, -0.05) is 0 Å². The van der Waals surface area contributed by atoms with Gasteiger partial charge in [-0.25, -0.2) is 4.79 Å². The molecule has 19 heavy (non-hydrogen) atoms. The van der Waals surface area contributed by atoms with Crippen LogP contribution < -0.4 is 0 Å². The van der Waals surface area contributed by atoms with Gasteiger partial charge >= 0.3 is 11.9 Å². The van der Waals surface area contributed by atoms with E-state index in [1.807, 2.05) is 0 Å². The Kier molecular flexibility index (Phi) is 4.00. The van der Waals surface area contributed by atoms with Gasteiger partial charge in [0.2, 0.25) is 0 Å². The maximum Gasteiger partial charge on any atom is 0.380 e. The van der Waals surface area contributed by atoms with Crippen molar-refractivity contribution in [3.05, 3.63) is 23.8 Å². The van der Waals surface area contributed by atoms with Crippen LogP contribution in [0.3, 0.4) is 0 Å². The minimum Gasteiger partial charge on any atom is -0.508 e. The monoisotopic (exact) mass is 276 g/mol. The van der Waals surface area contributed by atoms with Crippen LogP contribution in [0.5, 0.6) is 11.5 Å². The van der Waals surface area contributed by atoms with E-state index in [-0.39, 0.29) is 6.61 Å². The molecule has 0 aromatic heterocycles. The molecule has 0 bridgehead atoms. The normalized spacial score (nSPS) is 14.8. The third-order valence-electron chi connectivity index (χ3n) is 2.61. The van der Waals surface area contributed by atoms with E-state index in [4.69, 9.17) is 0 Å². The number of phenols is 2. The summed E-state index contributed by atoms with van der Waals surface area (Å²) in [5.41, 5.74) is -3.45. The van der Waals surface area contributed by atoms with Gasteiger partial charge in [-0.2, -0.15) is 8.78 Å². The third kappa shape index (κ3) is 2.76. The summed E-state index contributed by atoms with van der Waals surface area (Å²) in [6.45, 7) is 1.77. The van der Waals surface area contributed by atoms with Gasteiger partial charge in [0.15, 0.2) is 5.60 Å². The van der Waals surface area contributed by atoms with Crippen molar-refractivity contribution in [3.63, 3.8) is 0 Å². The summed E-state index contributed by atoms with van der Waals surface area (Å²) >= 11 is 0. The van der Waals surface area contributed by atoms with Crippen molar-refractivity contribution >= 4 is 5.97 Å². The molecule has 106 valence electrons. The number of benzene rings is 1. The molecule has 0 fully saturated rings. The number of rotatable bonds is 4. The highest BCUT2D eigenvalue weighted by atomic mass is 19.3. The van der Waals surface area contributed by atoms with Crippen molar-refractivity contribution in [2.75, 3.05) is 6.61 Å². The van der Waals surface area contributed by atoms with E-state index < -0.39 is 34.6 Å². The summed E-state index contributed by atoms with van der Waals surface area (Å²) in [6.07, 6.45) is 0. The van der Waals surface area contributed by atoms with Gasteiger partial charge in [0.1, 0.15) is 11.5 Å². The van der Waals surface area contributed by atoms with Gasteiger partial charge in [0, 0.05) is 6.07 Å². The lowest BCUT2D eigenvalue weighted by atomic mass is 9.89. The van der Waals surface area contributed by atoms with E-state index in [1.54, 1.807) is 0 Å². The van der Waals surface area contributed by atoms with E-state index in [0.29, 0.717) is 6.92 Å². The minimum atomic E-state index is -4.23. The number of ether oxygens (including phenoxy) is 1. The van der Waals surface area contributed by atoms with Crippen LogP contribution in [0, 0.1) is 0 Å². The average Bonchev–Trinajstić information content (AvgIpc) is 2.27. The SMILES string of the molecule is CCOC(=O)C(F)(F)C(C)(O)c1cc(O)cc(O)c1. The second-order valence-corrected chi connectivity index (χ2v) is 4.11. The molecule has 0 spiro atoms. The zero-order valence-electron chi connectivity index (χ0n) is 10.4. The largest absolute Gasteiger partial charge is 0.508 e. The van der Waals surface area contributed by atoms with Crippen LogP contribution in [-0.4, -0.2) is 33.8 Å². The fourth-order valence-electron chi connectivity index (χ4n) is 1.48. The Balaban J connectivity index is 3.25. The molecule has 0 amide bonds. The maximum absolute atomic E-state index is 13.8. The number of halogens is 2. The van der Waals surface area contributed by atoms with Crippen LogP contribution in [0.15, 0.2) is 18.2 Å². The van der Waals surface area contributed by atoms with Crippen molar-refractivity contribution in [3.8, 4) is 11.5 Å². The van der Waals surface area contributed by atoms with E-state index in [0.717, 1.165) is 18.2 Å². The van der Waals surface area contributed by atoms with E-state index >= 15 is 0 Å². The number of hydrogen-bond acceptors (Lipinski definition) is 5. The summed E-state index contributed by atoms with van der Waals surface area (Å²) in [5, 5.41) is 28.4. The quantitative estimate of drug-likeness (QED) is 0.725. The molecule has 3 N–H and O–H groups in total. The van der Waals surface area contributed by atoms with Gasteiger partial charge in [-0.15, -0.1) is 0 Å². The standard InChI is InChI=1S/C12H14F2O5/c1-3-19-10(17)12(13,14)11(2,18)7-4-8(15)6-9(16)5-7/h4-6,15-16,18H,3H2,1-2H3.